The van der Waals surface area contributed by atoms with Gasteiger partial charge in [0.15, 0.2) is 23.7 Å². The van der Waals surface area contributed by atoms with Gasteiger partial charge in [0.05, 0.1) is 35.4 Å². The van der Waals surface area contributed by atoms with Crippen LogP contribution in [0.15, 0.2) is 96.4 Å². The Hall–Kier alpha value is -6.11. The van der Waals surface area contributed by atoms with E-state index in [9.17, 15) is 29.1 Å². The fourth-order valence-corrected chi connectivity index (χ4v) is 6.47. The van der Waals surface area contributed by atoms with Crippen molar-refractivity contribution in [2.24, 2.45) is 0 Å². The molecule has 4 aromatic rings. The Morgan fingerprint density at radius 2 is 1.04 bits per heavy atom. The molecule has 2 aliphatic rings. The van der Waals surface area contributed by atoms with Gasteiger partial charge in [-0.15, -0.1) is 0 Å². The summed E-state index contributed by atoms with van der Waals surface area (Å²) in [6.07, 6.45) is -1.66. The summed E-state index contributed by atoms with van der Waals surface area (Å²) in [4.78, 5) is 56.3. The summed E-state index contributed by atoms with van der Waals surface area (Å²) in [5.41, 5.74) is 3.97. The lowest BCUT2D eigenvalue weighted by Gasteiger charge is -2.14. The van der Waals surface area contributed by atoms with Gasteiger partial charge in [-0.3, -0.25) is 14.4 Å². The molecule has 2 unspecified atom stereocenters. The van der Waals surface area contributed by atoms with E-state index in [1.165, 1.54) is 35.0 Å². The van der Waals surface area contributed by atoms with Gasteiger partial charge in [0, 0.05) is 31.9 Å². The van der Waals surface area contributed by atoms with Crippen LogP contribution < -0.4 is 9.47 Å². The van der Waals surface area contributed by atoms with E-state index in [1.807, 2.05) is 50.2 Å². The maximum atomic E-state index is 12.7. The maximum Gasteiger partial charge on any atom is 0.343 e. The second kappa shape index (κ2) is 19.0. The first-order chi connectivity index (χ1) is 26.6. The Balaban J connectivity index is 0.000000214. The number of aryl methyl sites for hydroxylation is 2. The number of aliphatic hydroxyl groups excluding tert-OH is 1. The van der Waals surface area contributed by atoms with Gasteiger partial charge in [-0.1, -0.05) is 83.9 Å². The second-order valence-corrected chi connectivity index (χ2v) is 13.0. The van der Waals surface area contributed by atoms with Crippen LogP contribution in [-0.2, 0) is 42.9 Å². The molecular weight excluding hydrogens is 767 g/mol. The Labute approximate surface area is 333 Å². The number of cyclic esters (lactones) is 2. The predicted octanol–water partition coefficient (Wildman–Crippen LogP) is 8.55. The van der Waals surface area contributed by atoms with Crippen LogP contribution in [0.3, 0.4) is 0 Å². The third kappa shape index (κ3) is 10.1. The average Bonchev–Trinajstić information content (AvgIpc) is 3.61. The van der Waals surface area contributed by atoms with Crippen LogP contribution in [0.1, 0.15) is 66.4 Å². The molecule has 0 aliphatic carbocycles. The first-order valence-electron chi connectivity index (χ1n) is 16.8. The predicted molar refractivity (Wildman–Crippen MR) is 207 cm³/mol. The van der Waals surface area contributed by atoms with E-state index in [0.717, 1.165) is 11.1 Å². The first kappa shape index (κ1) is 42.6. The van der Waals surface area contributed by atoms with Crippen molar-refractivity contribution in [1.29, 1.82) is 0 Å². The molecule has 0 amide bonds. The molecule has 56 heavy (non-hydrogen) atoms. The number of hydrogen-bond donors (Lipinski definition) is 1. The van der Waals surface area contributed by atoms with E-state index in [-0.39, 0.29) is 22.7 Å². The lowest BCUT2D eigenvalue weighted by molar-refractivity contribution is -0.156. The minimum absolute atomic E-state index is 0.0423. The van der Waals surface area contributed by atoms with Gasteiger partial charge in [-0.2, -0.15) is 0 Å². The van der Waals surface area contributed by atoms with Crippen LogP contribution in [0.25, 0.3) is 11.1 Å². The molecule has 292 valence electrons. The number of methoxy groups -OCH3 is 2. The van der Waals surface area contributed by atoms with Gasteiger partial charge < -0.3 is 33.5 Å². The number of carbonyl (C=O) groups excluding carboxylic acids is 5. The Bertz CT molecular complexity index is 2200. The Morgan fingerprint density at radius 3 is 1.45 bits per heavy atom. The van der Waals surface area contributed by atoms with Crippen molar-refractivity contribution >= 4 is 64.2 Å². The summed E-state index contributed by atoms with van der Waals surface area (Å²) in [5, 5.41) is 11.2. The van der Waals surface area contributed by atoms with Gasteiger partial charge in [0.2, 0.25) is 0 Å². The zero-order valence-electron chi connectivity index (χ0n) is 31.4. The van der Waals surface area contributed by atoms with E-state index in [4.69, 9.17) is 46.9 Å². The number of ether oxygens (including phenoxy) is 6. The summed E-state index contributed by atoms with van der Waals surface area (Å²) >= 11 is 12.7. The average molecular weight is 806 g/mol. The molecule has 0 radical (unpaired) electrons. The van der Waals surface area contributed by atoms with Gasteiger partial charge in [0.1, 0.15) is 22.6 Å². The number of hydrogen-bond acceptors (Lipinski definition) is 12. The molecule has 0 fully saturated rings. The van der Waals surface area contributed by atoms with Crippen LogP contribution in [0.5, 0.6) is 11.5 Å². The number of rotatable bonds is 7. The zero-order chi connectivity index (χ0) is 41.3. The topological polar surface area (TPSA) is 161 Å². The van der Waals surface area contributed by atoms with E-state index in [0.29, 0.717) is 43.8 Å². The van der Waals surface area contributed by atoms with Crippen molar-refractivity contribution < 1.29 is 57.5 Å². The quantitative estimate of drug-likeness (QED) is 0.108. The molecule has 6 rings (SSSR count). The van der Waals surface area contributed by atoms with Gasteiger partial charge in [-0.05, 0) is 49.2 Å². The molecule has 0 spiro atoms. The molecule has 0 aromatic heterocycles. The van der Waals surface area contributed by atoms with Crippen molar-refractivity contribution in [3.05, 3.63) is 140 Å². The lowest BCUT2D eigenvalue weighted by Crippen LogP contribution is -2.07. The summed E-state index contributed by atoms with van der Waals surface area (Å²) in [6, 6.07) is 25.0. The fraction of sp³-hybridized carbons (Fsp3) is 0.214. The lowest BCUT2D eigenvalue weighted by atomic mass is 9.99. The van der Waals surface area contributed by atoms with Crippen LogP contribution in [0.4, 0.5) is 0 Å². The molecule has 0 bridgehead atoms. The van der Waals surface area contributed by atoms with Crippen molar-refractivity contribution in [2.75, 3.05) is 14.2 Å². The molecule has 2 aliphatic heterocycles. The zero-order valence-corrected chi connectivity index (χ0v) is 32.9. The monoisotopic (exact) mass is 804 g/mol. The van der Waals surface area contributed by atoms with Crippen LogP contribution >= 0.6 is 23.2 Å². The third-order valence-electron chi connectivity index (χ3n) is 7.93. The van der Waals surface area contributed by atoms with Crippen molar-refractivity contribution in [2.45, 2.75) is 46.8 Å². The largest absolute Gasteiger partial charge is 0.507 e. The molecular formula is C42H38Cl2O12. The summed E-state index contributed by atoms with van der Waals surface area (Å²) in [5.74, 6) is -2.16. The fourth-order valence-electron chi connectivity index (χ4n) is 5.75. The molecule has 14 heteroatoms. The number of esters is 5. The Kier molecular flexibility index (Phi) is 14.4. The molecule has 2 atom stereocenters. The van der Waals surface area contributed by atoms with Crippen LogP contribution in [-0.4, -0.2) is 49.2 Å². The smallest absolute Gasteiger partial charge is 0.343 e. The molecule has 4 aromatic carbocycles. The molecule has 0 saturated carbocycles. The van der Waals surface area contributed by atoms with Gasteiger partial charge in [-0.25, -0.2) is 9.59 Å². The summed E-state index contributed by atoms with van der Waals surface area (Å²) < 4.78 is 30.9. The van der Waals surface area contributed by atoms with Crippen molar-refractivity contribution in [3.63, 3.8) is 0 Å². The molecule has 1 N–H and O–H groups in total. The highest BCUT2D eigenvalue weighted by Crippen LogP contribution is 2.46. The van der Waals surface area contributed by atoms with E-state index >= 15 is 0 Å². The maximum absolute atomic E-state index is 12.7. The Morgan fingerprint density at radius 1 is 0.625 bits per heavy atom. The third-order valence-corrected chi connectivity index (χ3v) is 8.53. The highest BCUT2D eigenvalue weighted by atomic mass is 35.5. The normalized spacial score (nSPS) is 15.7. The van der Waals surface area contributed by atoms with Crippen molar-refractivity contribution in [3.8, 4) is 11.5 Å². The number of carbonyl (C=O) groups is 5. The SMILES string of the molecule is CC(=O)OC(C)=O.COc1cc(C)cc(Cl)c1C1=C(O)C(c2ccccc2)OC1=O.COc1cc(C)cc(Cl)c1C1=C(OC(C)=O)C(c2ccccc2)OC1=O. The molecule has 0 saturated heterocycles. The number of aliphatic hydroxyl groups is 1. The summed E-state index contributed by atoms with van der Waals surface area (Å²) in [6.45, 7) is 7.36. The van der Waals surface area contributed by atoms with Crippen LogP contribution in [0.2, 0.25) is 10.0 Å². The first-order valence-corrected chi connectivity index (χ1v) is 17.6. The second-order valence-electron chi connectivity index (χ2n) is 12.2. The number of halogens is 2. The molecule has 12 nitrogen and oxygen atoms in total. The minimum atomic E-state index is -0.833. The minimum Gasteiger partial charge on any atom is -0.507 e. The van der Waals surface area contributed by atoms with E-state index in [1.54, 1.807) is 48.5 Å². The standard InChI is InChI=1S/C20H17ClO5.C18H15ClO4.C4H6O3/c1-11-9-14(21)16(15(10-11)24-3)17-19(25-12(2)22)18(26-20(17)23)13-7-5-4-6-8-13;1-10-8-12(19)14(13(9-10)22-2)15-16(20)17(23-18(15)21)11-6-4-3-5-7-11;1-3(5)7-4(2)6/h4-10,18H,1-3H3;3-9,17,20H,1-2H3;1-2H3. The van der Waals surface area contributed by atoms with Crippen molar-refractivity contribution in [1.82, 2.24) is 0 Å². The molecule has 2 heterocycles. The number of benzene rings is 4. The van der Waals surface area contributed by atoms with E-state index in [2.05, 4.69) is 4.74 Å². The summed E-state index contributed by atoms with van der Waals surface area (Å²) in [7, 11) is 2.97. The van der Waals surface area contributed by atoms with E-state index < -0.39 is 42.1 Å². The van der Waals surface area contributed by atoms with Crippen LogP contribution in [0, 0.1) is 13.8 Å². The highest BCUT2D eigenvalue weighted by molar-refractivity contribution is 6.36. The van der Waals surface area contributed by atoms with Gasteiger partial charge >= 0.3 is 29.8 Å². The highest BCUT2D eigenvalue weighted by Gasteiger charge is 2.41. The van der Waals surface area contributed by atoms with Gasteiger partial charge in [0.25, 0.3) is 0 Å².